The van der Waals surface area contributed by atoms with E-state index in [1.165, 1.54) is 12.1 Å². The molecule has 1 unspecified atom stereocenters. The Bertz CT molecular complexity index is 690. The molecule has 1 atom stereocenters. The number of halogens is 1. The number of hydrogen-bond acceptors (Lipinski definition) is 3. The van der Waals surface area contributed by atoms with Crippen molar-refractivity contribution >= 4 is 6.03 Å². The molecule has 2 N–H and O–H groups in total. The normalized spacial score (nSPS) is 11.5. The van der Waals surface area contributed by atoms with Gasteiger partial charge in [0.25, 0.3) is 0 Å². The van der Waals surface area contributed by atoms with Gasteiger partial charge in [-0.05, 0) is 61.2 Å². The molecule has 0 aliphatic carbocycles. The minimum absolute atomic E-state index is 0.0438. The second kappa shape index (κ2) is 11.1. The van der Waals surface area contributed by atoms with Crippen LogP contribution in [0, 0.1) is 5.82 Å². The summed E-state index contributed by atoms with van der Waals surface area (Å²) < 4.78 is 23.5. The Morgan fingerprint density at radius 3 is 2.33 bits per heavy atom. The van der Waals surface area contributed by atoms with Crippen LogP contribution >= 0.6 is 0 Å². The molecule has 0 fully saturated rings. The molecule has 0 aliphatic heterocycles. The molecule has 0 saturated heterocycles. The molecule has 2 amide bonds. The van der Waals surface area contributed by atoms with E-state index in [0.717, 1.165) is 30.6 Å². The lowest BCUT2D eigenvalue weighted by Gasteiger charge is -2.18. The van der Waals surface area contributed by atoms with E-state index in [1.807, 2.05) is 31.2 Å². The Hall–Kier alpha value is -2.76. The van der Waals surface area contributed by atoms with Crippen molar-refractivity contribution in [3.8, 4) is 11.5 Å². The Labute approximate surface area is 159 Å². The van der Waals surface area contributed by atoms with Crippen LogP contribution in [0.5, 0.6) is 11.5 Å². The van der Waals surface area contributed by atoms with E-state index in [2.05, 4.69) is 10.6 Å². The number of ether oxygens (including phenoxy) is 2. The van der Waals surface area contributed by atoms with Gasteiger partial charge in [0, 0.05) is 6.54 Å². The summed E-state index contributed by atoms with van der Waals surface area (Å²) in [5.74, 6) is 1.16. The van der Waals surface area contributed by atoms with Crippen LogP contribution < -0.4 is 20.1 Å². The number of carbonyl (C=O) groups is 1. The summed E-state index contributed by atoms with van der Waals surface area (Å²) in [4.78, 5) is 12.1. The van der Waals surface area contributed by atoms with Crippen LogP contribution in [0.15, 0.2) is 48.5 Å². The zero-order chi connectivity index (χ0) is 19.5. The summed E-state index contributed by atoms with van der Waals surface area (Å²) in [5, 5.41) is 5.85. The van der Waals surface area contributed by atoms with Crippen LogP contribution in [0.25, 0.3) is 0 Å². The molecule has 0 aliphatic rings. The van der Waals surface area contributed by atoms with E-state index in [-0.39, 0.29) is 17.9 Å². The first kappa shape index (κ1) is 20.6. The molecule has 2 aromatic rings. The van der Waals surface area contributed by atoms with E-state index in [4.69, 9.17) is 9.47 Å². The molecule has 27 heavy (non-hydrogen) atoms. The molecule has 0 aromatic heterocycles. The smallest absolute Gasteiger partial charge is 0.315 e. The highest BCUT2D eigenvalue weighted by Crippen LogP contribution is 2.20. The first-order valence-electron chi connectivity index (χ1n) is 9.19. The molecule has 0 spiro atoms. The number of urea groups is 1. The standard InChI is InChI=1S/C21H27FN2O3/c1-3-20(16-6-10-18(26-2)11-7-16)24-21(25)23-14-4-5-15-27-19-12-8-17(22)9-13-19/h6-13,20H,3-5,14-15H2,1-2H3,(H2,23,24,25). The van der Waals surface area contributed by atoms with Crippen molar-refractivity contribution in [2.24, 2.45) is 0 Å². The monoisotopic (exact) mass is 374 g/mol. The third-order valence-corrected chi connectivity index (χ3v) is 4.17. The van der Waals surface area contributed by atoms with Crippen LogP contribution in [0.3, 0.4) is 0 Å². The largest absolute Gasteiger partial charge is 0.497 e. The molecular formula is C21H27FN2O3. The molecule has 0 saturated carbocycles. The van der Waals surface area contributed by atoms with Crippen LogP contribution in [0.2, 0.25) is 0 Å². The highest BCUT2D eigenvalue weighted by Gasteiger charge is 2.12. The maximum Gasteiger partial charge on any atom is 0.315 e. The predicted octanol–water partition coefficient (Wildman–Crippen LogP) is 4.44. The zero-order valence-corrected chi connectivity index (χ0v) is 15.8. The van der Waals surface area contributed by atoms with Gasteiger partial charge in [0.05, 0.1) is 19.8 Å². The Kier molecular flexibility index (Phi) is 8.42. The topological polar surface area (TPSA) is 59.6 Å². The fourth-order valence-electron chi connectivity index (χ4n) is 2.62. The average Bonchev–Trinajstić information content (AvgIpc) is 2.70. The van der Waals surface area contributed by atoms with Crippen molar-refractivity contribution in [3.63, 3.8) is 0 Å². The van der Waals surface area contributed by atoms with E-state index in [0.29, 0.717) is 18.9 Å². The number of amides is 2. The Morgan fingerprint density at radius 1 is 1.04 bits per heavy atom. The molecule has 0 heterocycles. The fraction of sp³-hybridized carbons (Fsp3) is 0.381. The van der Waals surface area contributed by atoms with Crippen LogP contribution in [0.4, 0.5) is 9.18 Å². The quantitative estimate of drug-likeness (QED) is 0.604. The molecule has 2 rings (SSSR count). The number of rotatable bonds is 10. The maximum atomic E-state index is 12.8. The maximum absolute atomic E-state index is 12.8. The third-order valence-electron chi connectivity index (χ3n) is 4.17. The van der Waals surface area contributed by atoms with Crippen LogP contribution in [0.1, 0.15) is 37.8 Å². The van der Waals surface area contributed by atoms with Gasteiger partial charge in [0.1, 0.15) is 17.3 Å². The van der Waals surface area contributed by atoms with Gasteiger partial charge in [-0.2, -0.15) is 0 Å². The van der Waals surface area contributed by atoms with Gasteiger partial charge < -0.3 is 20.1 Å². The summed E-state index contributed by atoms with van der Waals surface area (Å²) in [6, 6.07) is 13.4. The van der Waals surface area contributed by atoms with Gasteiger partial charge >= 0.3 is 6.03 Å². The molecule has 0 radical (unpaired) electrons. The fourth-order valence-corrected chi connectivity index (χ4v) is 2.62. The summed E-state index contributed by atoms with van der Waals surface area (Å²) in [6.45, 7) is 3.12. The highest BCUT2D eigenvalue weighted by atomic mass is 19.1. The summed E-state index contributed by atoms with van der Waals surface area (Å²) in [6.07, 6.45) is 2.40. The van der Waals surface area contributed by atoms with Gasteiger partial charge in [0.15, 0.2) is 0 Å². The summed E-state index contributed by atoms with van der Waals surface area (Å²) >= 11 is 0. The second-order valence-corrected chi connectivity index (χ2v) is 6.14. The van der Waals surface area contributed by atoms with Crippen molar-refractivity contribution < 1.29 is 18.7 Å². The first-order valence-corrected chi connectivity index (χ1v) is 9.19. The van der Waals surface area contributed by atoms with Crippen LogP contribution in [-0.4, -0.2) is 26.3 Å². The zero-order valence-electron chi connectivity index (χ0n) is 15.8. The summed E-state index contributed by atoms with van der Waals surface area (Å²) in [7, 11) is 1.63. The third kappa shape index (κ3) is 7.17. The number of carbonyl (C=O) groups excluding carboxylic acids is 1. The molecule has 146 valence electrons. The van der Waals surface area contributed by atoms with E-state index in [1.54, 1.807) is 19.2 Å². The van der Waals surface area contributed by atoms with Crippen molar-refractivity contribution in [1.29, 1.82) is 0 Å². The summed E-state index contributed by atoms with van der Waals surface area (Å²) in [5.41, 5.74) is 1.04. The van der Waals surface area contributed by atoms with Gasteiger partial charge in [-0.25, -0.2) is 9.18 Å². The van der Waals surface area contributed by atoms with Crippen molar-refractivity contribution in [3.05, 3.63) is 59.9 Å². The minimum atomic E-state index is -0.280. The lowest BCUT2D eigenvalue weighted by molar-refractivity contribution is 0.235. The molecule has 0 bridgehead atoms. The number of nitrogens with one attached hydrogen (secondary N) is 2. The van der Waals surface area contributed by atoms with Crippen molar-refractivity contribution in [1.82, 2.24) is 10.6 Å². The number of hydrogen-bond donors (Lipinski definition) is 2. The molecule has 2 aromatic carbocycles. The second-order valence-electron chi connectivity index (χ2n) is 6.14. The first-order chi connectivity index (χ1) is 13.1. The SMILES string of the molecule is CCC(NC(=O)NCCCCOc1ccc(F)cc1)c1ccc(OC)cc1. The number of methoxy groups -OCH3 is 1. The van der Waals surface area contributed by atoms with E-state index < -0.39 is 0 Å². The molecular weight excluding hydrogens is 347 g/mol. The van der Waals surface area contributed by atoms with Crippen molar-refractivity contribution in [2.75, 3.05) is 20.3 Å². The van der Waals surface area contributed by atoms with Gasteiger partial charge in [0.2, 0.25) is 0 Å². The van der Waals surface area contributed by atoms with E-state index >= 15 is 0 Å². The predicted molar refractivity (Wildman–Crippen MR) is 104 cm³/mol. The lowest BCUT2D eigenvalue weighted by Crippen LogP contribution is -2.38. The molecule has 6 heteroatoms. The molecule has 5 nitrogen and oxygen atoms in total. The minimum Gasteiger partial charge on any atom is -0.497 e. The average molecular weight is 374 g/mol. The Morgan fingerprint density at radius 2 is 1.70 bits per heavy atom. The lowest BCUT2D eigenvalue weighted by atomic mass is 10.0. The highest BCUT2D eigenvalue weighted by molar-refractivity contribution is 5.74. The number of benzene rings is 2. The van der Waals surface area contributed by atoms with Gasteiger partial charge in [-0.15, -0.1) is 0 Å². The Balaban J connectivity index is 1.63. The van der Waals surface area contributed by atoms with E-state index in [9.17, 15) is 9.18 Å². The van der Waals surface area contributed by atoms with Crippen LogP contribution in [-0.2, 0) is 0 Å². The number of unbranched alkanes of at least 4 members (excludes halogenated alkanes) is 1. The van der Waals surface area contributed by atoms with Gasteiger partial charge in [-0.3, -0.25) is 0 Å². The van der Waals surface area contributed by atoms with Crippen molar-refractivity contribution in [2.45, 2.75) is 32.2 Å². The van der Waals surface area contributed by atoms with Gasteiger partial charge in [-0.1, -0.05) is 19.1 Å².